The number of nitrogens with zero attached hydrogens (tertiary/aromatic N) is 3. The molecule has 0 saturated heterocycles. The molecule has 9 heteroatoms. The van der Waals surface area contributed by atoms with Crippen LogP contribution in [0.2, 0.25) is 0 Å². The average molecular weight is 495 g/mol. The van der Waals surface area contributed by atoms with Gasteiger partial charge in [0.2, 0.25) is 0 Å². The van der Waals surface area contributed by atoms with E-state index in [1.807, 2.05) is 12.1 Å². The predicted octanol–water partition coefficient (Wildman–Crippen LogP) is 5.01. The summed E-state index contributed by atoms with van der Waals surface area (Å²) in [6, 6.07) is 7.10. The quantitative estimate of drug-likeness (QED) is 0.374. The highest BCUT2D eigenvalue weighted by Gasteiger charge is 2.48. The Labute approximate surface area is 208 Å². The monoisotopic (exact) mass is 494 g/mol. The number of aromatic nitrogens is 4. The minimum atomic E-state index is -1.24. The van der Waals surface area contributed by atoms with Gasteiger partial charge in [0.25, 0.3) is 0 Å². The Bertz CT molecular complexity index is 1470. The van der Waals surface area contributed by atoms with Gasteiger partial charge in [0.1, 0.15) is 5.82 Å². The Kier molecular flexibility index (Phi) is 5.88. The maximum absolute atomic E-state index is 14.3. The summed E-state index contributed by atoms with van der Waals surface area (Å²) in [6.45, 7) is 6.38. The van der Waals surface area contributed by atoms with Gasteiger partial charge in [-0.05, 0) is 61.9 Å². The number of pyridine rings is 1. The summed E-state index contributed by atoms with van der Waals surface area (Å²) in [5.74, 6) is -1.33. The van der Waals surface area contributed by atoms with Gasteiger partial charge in [-0.2, -0.15) is 5.10 Å². The van der Waals surface area contributed by atoms with Crippen molar-refractivity contribution in [3.63, 3.8) is 0 Å². The van der Waals surface area contributed by atoms with Gasteiger partial charge in [0.05, 0.1) is 23.8 Å². The topological polar surface area (TPSA) is 102 Å². The van der Waals surface area contributed by atoms with Crippen molar-refractivity contribution in [2.24, 2.45) is 0 Å². The Morgan fingerprint density at radius 3 is 2.75 bits per heavy atom. The molecule has 0 radical (unpaired) electrons. The first-order valence-electron chi connectivity index (χ1n) is 12.0. The van der Waals surface area contributed by atoms with Crippen molar-refractivity contribution in [1.82, 2.24) is 19.7 Å². The maximum atomic E-state index is 14.3. The maximum Gasteiger partial charge on any atom is 0.335 e. The molecule has 0 aliphatic heterocycles. The number of methoxy groups -OCH3 is 2. The van der Waals surface area contributed by atoms with Crippen LogP contribution >= 0.6 is 0 Å². The predicted molar refractivity (Wildman–Crippen MR) is 134 cm³/mol. The van der Waals surface area contributed by atoms with E-state index in [4.69, 9.17) is 14.5 Å². The molecule has 1 unspecified atom stereocenters. The standard InChI is InChI=1S/C27H31FN4O4/c1-15-10-18(6-7-19(15)28)32-20-11-17-13-29-31-24(17)30-22(20)21(23(32)26(2,3)14-35-4)16-8-9-27(12-16,36-5)25(33)34/h6-7,10-11,13,16H,8-9,12,14H2,1-5H3,(H,33,34)(H,29,30,31)/t16?,27-/m0/s1. The third-order valence-electron chi connectivity index (χ3n) is 7.59. The van der Waals surface area contributed by atoms with E-state index in [0.717, 1.165) is 33.4 Å². The van der Waals surface area contributed by atoms with Gasteiger partial charge < -0.3 is 19.1 Å². The lowest BCUT2D eigenvalue weighted by Gasteiger charge is -2.30. The van der Waals surface area contributed by atoms with Crippen LogP contribution in [-0.2, 0) is 19.7 Å². The van der Waals surface area contributed by atoms with Crippen molar-refractivity contribution in [2.75, 3.05) is 20.8 Å². The number of benzene rings is 1. The van der Waals surface area contributed by atoms with Crippen LogP contribution in [0.25, 0.3) is 27.8 Å². The number of carboxylic acids is 1. The van der Waals surface area contributed by atoms with E-state index in [9.17, 15) is 14.3 Å². The highest BCUT2D eigenvalue weighted by molar-refractivity contribution is 5.94. The molecule has 1 fully saturated rings. The second kappa shape index (κ2) is 8.67. The number of nitrogens with one attached hydrogen (secondary N) is 1. The van der Waals surface area contributed by atoms with E-state index < -0.39 is 17.0 Å². The van der Waals surface area contributed by atoms with E-state index >= 15 is 0 Å². The van der Waals surface area contributed by atoms with Crippen molar-refractivity contribution in [3.8, 4) is 5.69 Å². The second-order valence-electron chi connectivity index (χ2n) is 10.5. The van der Waals surface area contributed by atoms with Crippen LogP contribution in [0.1, 0.15) is 55.8 Å². The van der Waals surface area contributed by atoms with Crippen molar-refractivity contribution < 1.29 is 23.8 Å². The number of aromatic amines is 1. The van der Waals surface area contributed by atoms with Crippen molar-refractivity contribution in [1.29, 1.82) is 0 Å². The van der Waals surface area contributed by atoms with Crippen molar-refractivity contribution in [3.05, 3.63) is 53.1 Å². The zero-order valence-corrected chi connectivity index (χ0v) is 21.2. The number of hydrogen-bond donors (Lipinski definition) is 2. The van der Waals surface area contributed by atoms with Gasteiger partial charge in [-0.15, -0.1) is 0 Å². The molecular formula is C27H31FN4O4. The van der Waals surface area contributed by atoms with Gasteiger partial charge in [-0.3, -0.25) is 5.10 Å². The first-order valence-corrected chi connectivity index (χ1v) is 12.0. The molecule has 36 heavy (non-hydrogen) atoms. The number of aryl methyl sites for hydroxylation is 1. The third kappa shape index (κ3) is 3.69. The normalized spacial score (nSPS) is 20.6. The lowest BCUT2D eigenvalue weighted by molar-refractivity contribution is -0.161. The Balaban J connectivity index is 1.87. The Morgan fingerprint density at radius 2 is 2.11 bits per heavy atom. The summed E-state index contributed by atoms with van der Waals surface area (Å²) < 4.78 is 27.6. The number of H-pyrrole nitrogens is 1. The lowest BCUT2D eigenvalue weighted by atomic mass is 9.82. The summed E-state index contributed by atoms with van der Waals surface area (Å²) in [5.41, 5.74) is 3.86. The summed E-state index contributed by atoms with van der Waals surface area (Å²) in [6.07, 6.45) is 3.10. The average Bonchev–Trinajstić information content (AvgIpc) is 3.55. The molecule has 3 aromatic heterocycles. The van der Waals surface area contributed by atoms with Gasteiger partial charge in [0, 0.05) is 42.0 Å². The number of hydrogen-bond acceptors (Lipinski definition) is 5. The number of aliphatic carboxylic acids is 1. The van der Waals surface area contributed by atoms with Crippen molar-refractivity contribution in [2.45, 2.75) is 57.0 Å². The smallest absolute Gasteiger partial charge is 0.335 e. The minimum absolute atomic E-state index is 0.106. The second-order valence-corrected chi connectivity index (χ2v) is 10.5. The van der Waals surface area contributed by atoms with E-state index in [0.29, 0.717) is 37.1 Å². The molecule has 5 rings (SSSR count). The number of rotatable bonds is 7. The number of ether oxygens (including phenoxy) is 2. The lowest BCUT2D eigenvalue weighted by Crippen LogP contribution is -2.38. The molecule has 8 nitrogen and oxygen atoms in total. The first kappa shape index (κ1) is 24.4. The van der Waals surface area contributed by atoms with Crippen LogP contribution in [0.15, 0.2) is 30.5 Å². The molecule has 0 amide bonds. The number of fused-ring (bicyclic) bond motifs is 2. The van der Waals surface area contributed by atoms with Crippen LogP contribution in [0.4, 0.5) is 4.39 Å². The Morgan fingerprint density at radius 1 is 1.33 bits per heavy atom. The highest BCUT2D eigenvalue weighted by Crippen LogP contribution is 2.49. The number of halogens is 1. The van der Waals surface area contributed by atoms with Crippen LogP contribution in [-0.4, -0.2) is 57.3 Å². The molecule has 1 aliphatic carbocycles. The molecule has 0 spiro atoms. The van der Waals surface area contributed by atoms with Crippen LogP contribution in [0, 0.1) is 12.7 Å². The zero-order chi connectivity index (χ0) is 25.8. The summed E-state index contributed by atoms with van der Waals surface area (Å²) >= 11 is 0. The molecule has 2 N–H and O–H groups in total. The number of carbonyl (C=O) groups is 1. The van der Waals surface area contributed by atoms with Crippen LogP contribution in [0.3, 0.4) is 0 Å². The molecular weight excluding hydrogens is 463 g/mol. The SMILES string of the molecule is COCC(C)(C)c1c(C2CC[C@@](OC)(C(=O)O)C2)c2nc3[nH]ncc3cc2n1-c1ccc(F)c(C)c1. The minimum Gasteiger partial charge on any atom is -0.479 e. The fourth-order valence-corrected chi connectivity index (χ4v) is 5.83. The van der Waals surface area contributed by atoms with Gasteiger partial charge in [-0.25, -0.2) is 14.2 Å². The molecule has 1 aliphatic rings. The van der Waals surface area contributed by atoms with Crippen LogP contribution < -0.4 is 0 Å². The van der Waals surface area contributed by atoms with Gasteiger partial charge >= 0.3 is 5.97 Å². The first-order chi connectivity index (χ1) is 17.1. The summed E-state index contributed by atoms with van der Waals surface area (Å²) in [7, 11) is 3.13. The van der Waals surface area contributed by atoms with Gasteiger partial charge in [0.15, 0.2) is 11.2 Å². The summed E-state index contributed by atoms with van der Waals surface area (Å²) in [4.78, 5) is 17.2. The van der Waals surface area contributed by atoms with Crippen molar-refractivity contribution >= 4 is 28.0 Å². The molecule has 2 atom stereocenters. The third-order valence-corrected chi connectivity index (χ3v) is 7.59. The fraction of sp³-hybridized carbons (Fsp3) is 0.444. The molecule has 0 bridgehead atoms. The highest BCUT2D eigenvalue weighted by atomic mass is 19.1. The van der Waals surface area contributed by atoms with E-state index in [2.05, 4.69) is 28.6 Å². The molecule has 3 heterocycles. The van der Waals surface area contributed by atoms with Crippen LogP contribution in [0.5, 0.6) is 0 Å². The van der Waals surface area contributed by atoms with Gasteiger partial charge in [-0.1, -0.05) is 13.8 Å². The largest absolute Gasteiger partial charge is 0.479 e. The molecule has 1 saturated carbocycles. The Hall–Kier alpha value is -3.30. The van der Waals surface area contributed by atoms with E-state index in [-0.39, 0.29) is 11.7 Å². The fourth-order valence-electron chi connectivity index (χ4n) is 5.83. The van der Waals surface area contributed by atoms with E-state index in [1.54, 1.807) is 26.3 Å². The zero-order valence-electron chi connectivity index (χ0n) is 21.2. The molecule has 1 aromatic carbocycles. The molecule has 190 valence electrons. The molecule has 4 aromatic rings. The summed E-state index contributed by atoms with van der Waals surface area (Å²) in [5, 5.41) is 18.0. The van der Waals surface area contributed by atoms with E-state index in [1.165, 1.54) is 13.2 Å². The number of carboxylic acid groups (broad SMARTS) is 1.